The SMILES string of the molecule is N#Cc1cc(-n2c3ccccc3c3c(-c4ccc5c(c4)c4ccccc4n5-c4ccccc4)cccc32)c(C#N)cc1-n1c2ccccc2c2ccccc21. The minimum atomic E-state index is 0.485. The molecule has 0 amide bonds. The fraction of sp³-hybridized carbons (Fsp3) is 0. The monoisotopic (exact) mass is 699 g/mol. The molecular weight excluding hydrogens is 671 g/mol. The van der Waals surface area contributed by atoms with Crippen LogP contribution in [0.1, 0.15) is 11.1 Å². The number of nitriles is 2. The lowest BCUT2D eigenvalue weighted by atomic mass is 9.98. The van der Waals surface area contributed by atoms with Crippen molar-refractivity contribution in [2.75, 3.05) is 0 Å². The summed E-state index contributed by atoms with van der Waals surface area (Å²) in [5, 5.41) is 28.3. The summed E-state index contributed by atoms with van der Waals surface area (Å²) in [5.41, 5.74) is 11.9. The summed E-state index contributed by atoms with van der Waals surface area (Å²) in [7, 11) is 0. The Balaban J connectivity index is 1.16. The zero-order valence-corrected chi connectivity index (χ0v) is 29.5. The van der Waals surface area contributed by atoms with Crippen LogP contribution in [0.15, 0.2) is 176 Å². The van der Waals surface area contributed by atoms with Gasteiger partial charge in [0.05, 0.1) is 55.6 Å². The largest absolute Gasteiger partial charge is 0.309 e. The highest BCUT2D eigenvalue weighted by Crippen LogP contribution is 2.42. The fourth-order valence-electron chi connectivity index (χ4n) is 8.82. The lowest BCUT2D eigenvalue weighted by Gasteiger charge is -2.15. The standard InChI is InChI=1S/C50H29N5/c51-30-33-29-49(34(31-52)28-48(33)54-43-21-9-4-15-37(43)38-16-5-10-22-44(38)54)55-45-23-11-7-18-40(45)50-36(19-12-24-47(50)55)32-25-26-46-41(27-32)39-17-6-8-20-42(39)53(46)35-13-2-1-3-14-35/h1-29H. The molecule has 55 heavy (non-hydrogen) atoms. The summed E-state index contributed by atoms with van der Waals surface area (Å²) < 4.78 is 6.60. The molecule has 8 aromatic carbocycles. The Morgan fingerprint density at radius 3 is 1.40 bits per heavy atom. The van der Waals surface area contributed by atoms with Gasteiger partial charge in [0.2, 0.25) is 0 Å². The van der Waals surface area contributed by atoms with Gasteiger partial charge in [-0.3, -0.25) is 0 Å². The smallest absolute Gasteiger partial charge is 0.101 e. The van der Waals surface area contributed by atoms with Crippen molar-refractivity contribution in [2.45, 2.75) is 0 Å². The van der Waals surface area contributed by atoms with Crippen LogP contribution in [-0.2, 0) is 0 Å². The van der Waals surface area contributed by atoms with Crippen molar-refractivity contribution in [3.63, 3.8) is 0 Å². The molecular formula is C50H29N5. The molecule has 0 N–H and O–H groups in total. The first-order valence-corrected chi connectivity index (χ1v) is 18.3. The molecule has 0 aliphatic heterocycles. The molecule has 0 atom stereocenters. The van der Waals surface area contributed by atoms with Gasteiger partial charge in [-0.15, -0.1) is 0 Å². The normalized spacial score (nSPS) is 11.6. The van der Waals surface area contributed by atoms with Gasteiger partial charge in [-0.1, -0.05) is 109 Å². The fourth-order valence-corrected chi connectivity index (χ4v) is 8.82. The Morgan fingerprint density at radius 2 is 0.800 bits per heavy atom. The molecule has 0 saturated carbocycles. The highest BCUT2D eigenvalue weighted by molar-refractivity contribution is 6.17. The van der Waals surface area contributed by atoms with Crippen LogP contribution in [0.2, 0.25) is 0 Å². The van der Waals surface area contributed by atoms with Crippen molar-refractivity contribution < 1.29 is 0 Å². The Kier molecular flexibility index (Phi) is 6.61. The minimum Gasteiger partial charge on any atom is -0.309 e. The van der Waals surface area contributed by atoms with Crippen molar-refractivity contribution >= 4 is 65.4 Å². The second kappa shape index (κ2) is 11.8. The van der Waals surface area contributed by atoms with E-state index >= 15 is 0 Å². The summed E-state index contributed by atoms with van der Waals surface area (Å²) in [6, 6.07) is 65.8. The predicted octanol–water partition coefficient (Wildman–Crippen LogP) is 12.4. The molecule has 0 unspecified atom stereocenters. The maximum atomic E-state index is 10.8. The van der Waals surface area contributed by atoms with Gasteiger partial charge in [-0.2, -0.15) is 10.5 Å². The number of benzene rings is 8. The third kappa shape index (κ3) is 4.39. The van der Waals surface area contributed by atoms with E-state index in [4.69, 9.17) is 0 Å². The molecule has 0 aliphatic carbocycles. The van der Waals surface area contributed by atoms with Gasteiger partial charge in [-0.25, -0.2) is 0 Å². The molecule has 3 heterocycles. The molecule has 11 rings (SSSR count). The number of para-hydroxylation sites is 5. The Bertz CT molecular complexity index is 3400. The highest BCUT2D eigenvalue weighted by atomic mass is 15.0. The Morgan fingerprint density at radius 1 is 0.345 bits per heavy atom. The van der Waals surface area contributed by atoms with E-state index in [1.807, 2.05) is 48.5 Å². The maximum absolute atomic E-state index is 10.8. The van der Waals surface area contributed by atoms with E-state index in [1.165, 1.54) is 10.8 Å². The summed E-state index contributed by atoms with van der Waals surface area (Å²) in [4.78, 5) is 0. The highest BCUT2D eigenvalue weighted by Gasteiger charge is 2.22. The van der Waals surface area contributed by atoms with Gasteiger partial charge in [0.1, 0.15) is 12.1 Å². The molecule has 0 spiro atoms. The molecule has 5 heteroatoms. The first-order chi connectivity index (χ1) is 27.2. The third-order valence-corrected chi connectivity index (χ3v) is 11.1. The van der Waals surface area contributed by atoms with Crippen molar-refractivity contribution in [3.8, 4) is 40.3 Å². The number of fused-ring (bicyclic) bond motifs is 9. The average molecular weight is 700 g/mol. The lowest BCUT2D eigenvalue weighted by molar-refractivity contribution is 1.12. The number of hydrogen-bond donors (Lipinski definition) is 0. The van der Waals surface area contributed by atoms with Crippen LogP contribution in [0.5, 0.6) is 0 Å². The summed E-state index contributed by atoms with van der Waals surface area (Å²) in [5.74, 6) is 0. The van der Waals surface area contributed by atoms with Gasteiger partial charge in [0.15, 0.2) is 0 Å². The van der Waals surface area contributed by atoms with Crippen molar-refractivity contribution in [1.29, 1.82) is 10.5 Å². The predicted molar refractivity (Wildman–Crippen MR) is 224 cm³/mol. The van der Waals surface area contributed by atoms with E-state index in [9.17, 15) is 10.5 Å². The van der Waals surface area contributed by atoms with Crippen molar-refractivity contribution in [1.82, 2.24) is 13.7 Å². The first kappa shape index (κ1) is 30.7. The first-order valence-electron chi connectivity index (χ1n) is 18.3. The quantitative estimate of drug-likeness (QED) is 0.184. The zero-order valence-electron chi connectivity index (χ0n) is 29.5. The number of rotatable bonds is 4. The molecule has 0 bridgehead atoms. The average Bonchev–Trinajstić information content (AvgIpc) is 3.89. The van der Waals surface area contributed by atoms with E-state index < -0.39 is 0 Å². The van der Waals surface area contributed by atoms with E-state index in [0.717, 1.165) is 71.5 Å². The lowest BCUT2D eigenvalue weighted by Crippen LogP contribution is -2.04. The zero-order chi connectivity index (χ0) is 36.6. The molecule has 3 aromatic heterocycles. The number of hydrogen-bond acceptors (Lipinski definition) is 2. The summed E-state index contributed by atoms with van der Waals surface area (Å²) in [6.07, 6.45) is 0. The van der Waals surface area contributed by atoms with Crippen molar-refractivity contribution in [2.24, 2.45) is 0 Å². The summed E-state index contributed by atoms with van der Waals surface area (Å²) >= 11 is 0. The minimum absolute atomic E-state index is 0.485. The van der Waals surface area contributed by atoms with E-state index in [2.05, 4.69) is 153 Å². The molecule has 0 saturated heterocycles. The van der Waals surface area contributed by atoms with Gasteiger partial charge in [0.25, 0.3) is 0 Å². The second-order valence-corrected chi connectivity index (χ2v) is 14.0. The Hall–Kier alpha value is -7.86. The third-order valence-electron chi connectivity index (χ3n) is 11.1. The molecule has 0 aliphatic rings. The van der Waals surface area contributed by atoms with Gasteiger partial charge in [-0.05, 0) is 77.9 Å². The van der Waals surface area contributed by atoms with E-state index in [0.29, 0.717) is 22.5 Å². The van der Waals surface area contributed by atoms with Crippen LogP contribution in [0.4, 0.5) is 0 Å². The Labute approximate surface area is 316 Å². The van der Waals surface area contributed by atoms with Crippen LogP contribution in [-0.4, -0.2) is 13.7 Å². The van der Waals surface area contributed by atoms with Crippen LogP contribution in [0.3, 0.4) is 0 Å². The van der Waals surface area contributed by atoms with E-state index in [1.54, 1.807) is 0 Å². The molecule has 5 nitrogen and oxygen atoms in total. The van der Waals surface area contributed by atoms with Gasteiger partial charge < -0.3 is 13.7 Å². The molecule has 11 aromatic rings. The van der Waals surface area contributed by atoms with Crippen molar-refractivity contribution in [3.05, 3.63) is 187 Å². The molecule has 0 radical (unpaired) electrons. The van der Waals surface area contributed by atoms with Crippen LogP contribution < -0.4 is 0 Å². The molecule has 0 fully saturated rings. The topological polar surface area (TPSA) is 62.4 Å². The number of aromatic nitrogens is 3. The van der Waals surface area contributed by atoms with Gasteiger partial charge in [0, 0.05) is 38.0 Å². The van der Waals surface area contributed by atoms with Crippen LogP contribution >= 0.6 is 0 Å². The summed E-state index contributed by atoms with van der Waals surface area (Å²) in [6.45, 7) is 0. The van der Waals surface area contributed by atoms with Crippen LogP contribution in [0, 0.1) is 22.7 Å². The van der Waals surface area contributed by atoms with Crippen LogP contribution in [0.25, 0.3) is 93.6 Å². The maximum Gasteiger partial charge on any atom is 0.101 e. The second-order valence-electron chi connectivity index (χ2n) is 14.0. The molecule has 254 valence electrons. The van der Waals surface area contributed by atoms with Gasteiger partial charge >= 0.3 is 0 Å². The number of nitrogens with zero attached hydrogens (tertiary/aromatic N) is 5. The van der Waals surface area contributed by atoms with E-state index in [-0.39, 0.29) is 0 Å².